The van der Waals surface area contributed by atoms with Crippen LogP contribution in [0.2, 0.25) is 0 Å². The molecule has 0 rings (SSSR count). The van der Waals surface area contributed by atoms with E-state index >= 15 is 0 Å². The van der Waals surface area contributed by atoms with E-state index in [4.69, 9.17) is 0 Å². The quantitative estimate of drug-likeness (QED) is 0.458. The highest BCUT2D eigenvalue weighted by atomic mass is 16.2. The van der Waals surface area contributed by atoms with E-state index in [1.54, 1.807) is 0 Å². The molecule has 0 unspecified atom stereocenters. The summed E-state index contributed by atoms with van der Waals surface area (Å²) < 4.78 is 0.921. The Balaban J connectivity index is 3.62. The van der Waals surface area contributed by atoms with E-state index < -0.39 is 0 Å². The van der Waals surface area contributed by atoms with Crippen LogP contribution in [-0.2, 0) is 9.59 Å². The molecule has 0 bridgehead atoms. The third-order valence-electron chi connectivity index (χ3n) is 3.17. The molecule has 0 aliphatic heterocycles. The highest BCUT2D eigenvalue weighted by Gasteiger charge is 2.14. The van der Waals surface area contributed by atoms with Crippen LogP contribution in [0.15, 0.2) is 0 Å². The maximum absolute atomic E-state index is 11.1. The lowest BCUT2D eigenvalue weighted by molar-refractivity contribution is -0.890. The summed E-state index contributed by atoms with van der Waals surface area (Å²) in [6.45, 7) is 7.29. The van der Waals surface area contributed by atoms with Crippen molar-refractivity contribution in [3.63, 3.8) is 0 Å². The number of quaternary nitrogens is 1. The van der Waals surface area contributed by atoms with Gasteiger partial charge in [-0.05, 0) is 0 Å². The topological polar surface area (TPSA) is 58.2 Å². The Morgan fingerprint density at radius 1 is 0.842 bits per heavy atom. The van der Waals surface area contributed by atoms with E-state index in [9.17, 15) is 9.59 Å². The van der Waals surface area contributed by atoms with E-state index in [1.165, 1.54) is 0 Å². The van der Waals surface area contributed by atoms with Gasteiger partial charge in [0.05, 0.1) is 27.2 Å². The van der Waals surface area contributed by atoms with Gasteiger partial charge in [0.15, 0.2) is 0 Å². The van der Waals surface area contributed by atoms with Gasteiger partial charge in [-0.2, -0.15) is 0 Å². The fraction of sp³-hybridized carbons (Fsp3) is 0.857. The first kappa shape index (κ1) is 17.9. The Kier molecular flexibility index (Phi) is 9.21. The molecule has 0 spiro atoms. The van der Waals surface area contributed by atoms with Crippen LogP contribution in [0, 0.1) is 0 Å². The van der Waals surface area contributed by atoms with Crippen LogP contribution in [-0.4, -0.2) is 56.6 Å². The zero-order valence-electron chi connectivity index (χ0n) is 12.9. The first-order valence-corrected chi connectivity index (χ1v) is 7.26. The summed E-state index contributed by atoms with van der Waals surface area (Å²) in [5.74, 6) is 0.236. The number of carbonyl (C=O) groups is 2. The minimum atomic E-state index is 0.118. The largest absolute Gasteiger partial charge is 0.356 e. The molecule has 5 heteroatoms. The van der Waals surface area contributed by atoms with Crippen molar-refractivity contribution in [1.82, 2.24) is 10.6 Å². The molecule has 0 aliphatic rings. The van der Waals surface area contributed by atoms with E-state index in [-0.39, 0.29) is 11.8 Å². The van der Waals surface area contributed by atoms with Gasteiger partial charge in [-0.3, -0.25) is 9.59 Å². The van der Waals surface area contributed by atoms with Gasteiger partial charge in [-0.1, -0.05) is 13.8 Å². The molecular formula is C14H30N3O2+. The van der Waals surface area contributed by atoms with Crippen LogP contribution >= 0.6 is 0 Å². The molecule has 5 nitrogen and oxygen atoms in total. The van der Waals surface area contributed by atoms with Crippen molar-refractivity contribution < 1.29 is 14.1 Å². The van der Waals surface area contributed by atoms with E-state index in [0.717, 1.165) is 43.5 Å². The Morgan fingerprint density at radius 2 is 1.21 bits per heavy atom. The number of rotatable bonds is 10. The van der Waals surface area contributed by atoms with Crippen molar-refractivity contribution in [3.05, 3.63) is 0 Å². The average Bonchev–Trinajstić information content (AvgIpc) is 2.39. The van der Waals surface area contributed by atoms with Crippen molar-refractivity contribution >= 4 is 11.8 Å². The predicted molar refractivity (Wildman–Crippen MR) is 77.7 cm³/mol. The van der Waals surface area contributed by atoms with Gasteiger partial charge < -0.3 is 15.1 Å². The lowest BCUT2D eigenvalue weighted by Crippen LogP contribution is -2.43. The molecule has 0 aromatic heterocycles. The maximum Gasteiger partial charge on any atom is 0.219 e. The molecule has 0 aromatic carbocycles. The number of nitrogens with zero attached hydrogens (tertiary/aromatic N) is 1. The fourth-order valence-corrected chi connectivity index (χ4v) is 1.83. The van der Waals surface area contributed by atoms with Gasteiger partial charge in [0.1, 0.15) is 0 Å². The van der Waals surface area contributed by atoms with E-state index in [2.05, 4.69) is 24.7 Å². The summed E-state index contributed by atoms with van der Waals surface area (Å²) in [6, 6.07) is 0. The van der Waals surface area contributed by atoms with Crippen molar-refractivity contribution in [2.45, 2.75) is 39.5 Å². The second kappa shape index (κ2) is 9.78. The van der Waals surface area contributed by atoms with Gasteiger partial charge in [0.25, 0.3) is 0 Å². The monoisotopic (exact) mass is 272 g/mol. The zero-order chi connectivity index (χ0) is 14.7. The van der Waals surface area contributed by atoms with Crippen molar-refractivity contribution in [2.24, 2.45) is 0 Å². The number of hydrogen-bond donors (Lipinski definition) is 2. The summed E-state index contributed by atoms with van der Waals surface area (Å²) in [5, 5.41) is 5.78. The van der Waals surface area contributed by atoms with Gasteiger partial charge in [0, 0.05) is 38.8 Å². The maximum atomic E-state index is 11.1. The summed E-state index contributed by atoms with van der Waals surface area (Å²) in [4.78, 5) is 22.2. The van der Waals surface area contributed by atoms with Crippen LogP contribution in [0.25, 0.3) is 0 Å². The number of carbonyl (C=O) groups excluding carboxylic acids is 2. The molecule has 2 N–H and O–H groups in total. The normalized spacial score (nSPS) is 11.2. The van der Waals surface area contributed by atoms with E-state index in [1.807, 2.05) is 13.8 Å². The molecule has 0 saturated carbocycles. The van der Waals surface area contributed by atoms with Crippen molar-refractivity contribution in [3.8, 4) is 0 Å². The Labute approximate surface area is 117 Å². The summed E-state index contributed by atoms with van der Waals surface area (Å²) in [6.07, 6.45) is 3.07. The smallest absolute Gasteiger partial charge is 0.219 e. The van der Waals surface area contributed by atoms with Crippen LogP contribution in [0.5, 0.6) is 0 Å². The lowest BCUT2D eigenvalue weighted by Gasteiger charge is -2.30. The Morgan fingerprint density at radius 3 is 1.53 bits per heavy atom. The van der Waals surface area contributed by atoms with Crippen molar-refractivity contribution in [2.75, 3.05) is 40.3 Å². The second-order valence-corrected chi connectivity index (χ2v) is 5.50. The first-order valence-electron chi connectivity index (χ1n) is 7.26. The Bertz CT molecular complexity index is 252. The number of nitrogens with one attached hydrogen (secondary N) is 2. The van der Waals surface area contributed by atoms with Gasteiger partial charge in [-0.15, -0.1) is 0 Å². The fourth-order valence-electron chi connectivity index (χ4n) is 1.83. The van der Waals surface area contributed by atoms with Gasteiger partial charge >= 0.3 is 0 Å². The minimum absolute atomic E-state index is 0.118. The van der Waals surface area contributed by atoms with Crippen LogP contribution in [0.4, 0.5) is 0 Å². The number of amides is 2. The number of hydrogen-bond acceptors (Lipinski definition) is 2. The van der Waals surface area contributed by atoms with Crippen LogP contribution in [0.3, 0.4) is 0 Å². The molecule has 0 fully saturated rings. The van der Waals surface area contributed by atoms with Gasteiger partial charge in [0.2, 0.25) is 11.8 Å². The SMILES string of the molecule is CCC(=O)NCCC[N+](C)(C)CCCNC(=O)CC. The molecule has 0 atom stereocenters. The zero-order valence-corrected chi connectivity index (χ0v) is 12.9. The predicted octanol–water partition coefficient (Wildman–Crippen LogP) is 0.895. The summed E-state index contributed by atoms with van der Waals surface area (Å²) >= 11 is 0. The third-order valence-corrected chi connectivity index (χ3v) is 3.17. The van der Waals surface area contributed by atoms with Crippen LogP contribution in [0.1, 0.15) is 39.5 Å². The second-order valence-electron chi connectivity index (χ2n) is 5.50. The molecule has 2 amide bonds. The minimum Gasteiger partial charge on any atom is -0.356 e. The standard InChI is InChI=1S/C14H29N3O2/c1-5-13(18)15-9-7-11-17(3,4)12-8-10-16-14(19)6-2/h5-12H2,1-4H3,(H-,15,16,18,19)/p+1. The summed E-state index contributed by atoms with van der Waals surface area (Å²) in [5.41, 5.74) is 0. The highest BCUT2D eigenvalue weighted by molar-refractivity contribution is 5.75. The van der Waals surface area contributed by atoms with Crippen LogP contribution < -0.4 is 10.6 Å². The third kappa shape index (κ3) is 10.5. The molecule has 0 saturated heterocycles. The van der Waals surface area contributed by atoms with Gasteiger partial charge in [-0.25, -0.2) is 0 Å². The first-order chi connectivity index (χ1) is 8.91. The highest BCUT2D eigenvalue weighted by Crippen LogP contribution is 2.00. The van der Waals surface area contributed by atoms with E-state index in [0.29, 0.717) is 12.8 Å². The molecule has 19 heavy (non-hydrogen) atoms. The lowest BCUT2D eigenvalue weighted by atomic mass is 10.3. The molecular weight excluding hydrogens is 242 g/mol. The molecule has 112 valence electrons. The summed E-state index contributed by atoms with van der Waals surface area (Å²) in [7, 11) is 4.37. The Hall–Kier alpha value is -1.10. The molecule has 0 heterocycles. The molecule has 0 radical (unpaired) electrons. The van der Waals surface area contributed by atoms with Crippen molar-refractivity contribution in [1.29, 1.82) is 0 Å². The molecule has 0 aliphatic carbocycles. The average molecular weight is 272 g/mol. The molecule has 0 aromatic rings.